The number of hydrogen-bond acceptors (Lipinski definition) is 3. The lowest BCUT2D eigenvalue weighted by atomic mass is 9.81. The van der Waals surface area contributed by atoms with Gasteiger partial charge < -0.3 is 10.8 Å². The summed E-state index contributed by atoms with van der Waals surface area (Å²) in [4.78, 5) is 2.54. The van der Waals surface area contributed by atoms with Gasteiger partial charge in [0, 0.05) is 12.1 Å². The zero-order valence-electron chi connectivity index (χ0n) is 9.08. The van der Waals surface area contributed by atoms with Gasteiger partial charge in [-0.3, -0.25) is 4.90 Å². The summed E-state index contributed by atoms with van der Waals surface area (Å²) in [5.74, 6) is 0. The Morgan fingerprint density at radius 3 is 2.71 bits per heavy atom. The highest BCUT2D eigenvalue weighted by atomic mass is 16.3. The van der Waals surface area contributed by atoms with Gasteiger partial charge in [0.05, 0.1) is 12.1 Å². The van der Waals surface area contributed by atoms with E-state index in [9.17, 15) is 5.11 Å². The molecule has 0 spiro atoms. The van der Waals surface area contributed by atoms with Gasteiger partial charge >= 0.3 is 0 Å². The molecule has 14 heavy (non-hydrogen) atoms. The first-order chi connectivity index (χ1) is 6.71. The second kappa shape index (κ2) is 3.80. The van der Waals surface area contributed by atoms with Crippen LogP contribution in [0, 0.1) is 0 Å². The molecule has 1 heterocycles. The first kappa shape index (κ1) is 10.4. The van der Waals surface area contributed by atoms with Crippen molar-refractivity contribution >= 4 is 0 Å². The topological polar surface area (TPSA) is 49.5 Å². The summed E-state index contributed by atoms with van der Waals surface area (Å²) in [7, 11) is 0. The van der Waals surface area contributed by atoms with Crippen molar-refractivity contribution in [1.82, 2.24) is 4.90 Å². The van der Waals surface area contributed by atoms with Gasteiger partial charge in [-0.05, 0) is 38.6 Å². The minimum atomic E-state index is -0.338. The maximum Gasteiger partial charge on any atom is 0.0626 e. The van der Waals surface area contributed by atoms with Crippen LogP contribution >= 0.6 is 0 Å². The Balaban J connectivity index is 2.10. The number of aliphatic hydroxyl groups excluding tert-OH is 1. The van der Waals surface area contributed by atoms with E-state index in [1.54, 1.807) is 0 Å². The highest BCUT2D eigenvalue weighted by Crippen LogP contribution is 2.36. The molecule has 3 N–H and O–H groups in total. The van der Waals surface area contributed by atoms with E-state index in [4.69, 9.17) is 5.73 Å². The van der Waals surface area contributed by atoms with Crippen LogP contribution in [0.1, 0.15) is 39.0 Å². The van der Waals surface area contributed by atoms with Gasteiger partial charge in [-0.2, -0.15) is 0 Å². The van der Waals surface area contributed by atoms with Gasteiger partial charge in [-0.15, -0.1) is 0 Å². The predicted molar refractivity (Wildman–Crippen MR) is 57.0 cm³/mol. The van der Waals surface area contributed by atoms with Crippen molar-refractivity contribution in [3.63, 3.8) is 0 Å². The van der Waals surface area contributed by atoms with Crippen molar-refractivity contribution in [2.75, 3.05) is 13.2 Å². The molecule has 82 valence electrons. The Labute approximate surface area is 86.3 Å². The molecule has 2 fully saturated rings. The van der Waals surface area contributed by atoms with Crippen LogP contribution in [-0.4, -0.2) is 40.8 Å². The van der Waals surface area contributed by atoms with E-state index in [1.807, 2.05) is 0 Å². The normalized spacial score (nSPS) is 40.1. The van der Waals surface area contributed by atoms with Crippen LogP contribution in [0.2, 0.25) is 0 Å². The number of likely N-dealkylation sites (tertiary alicyclic amines) is 1. The van der Waals surface area contributed by atoms with Crippen molar-refractivity contribution in [3.8, 4) is 0 Å². The highest BCUT2D eigenvalue weighted by Gasteiger charge is 2.45. The molecule has 2 unspecified atom stereocenters. The third kappa shape index (κ3) is 1.69. The molecule has 1 saturated heterocycles. The lowest BCUT2D eigenvalue weighted by Crippen LogP contribution is -2.64. The standard InChI is InChI=1S/C11H22N2O/c1-2-10-11(12,8-14)6-3-7-13(10)9-4-5-9/h9-10,14H,2-8,12H2,1H3. The Kier molecular flexibility index (Phi) is 2.82. The minimum absolute atomic E-state index is 0.134. The molecule has 1 aliphatic carbocycles. The maximum absolute atomic E-state index is 9.42. The number of nitrogens with zero attached hydrogens (tertiary/aromatic N) is 1. The summed E-state index contributed by atoms with van der Waals surface area (Å²) in [5, 5.41) is 9.42. The number of aliphatic hydroxyl groups is 1. The fourth-order valence-corrected chi connectivity index (χ4v) is 2.91. The smallest absolute Gasteiger partial charge is 0.0626 e. The van der Waals surface area contributed by atoms with Gasteiger partial charge in [0.2, 0.25) is 0 Å². The Hall–Kier alpha value is -0.120. The van der Waals surface area contributed by atoms with Gasteiger partial charge in [0.25, 0.3) is 0 Å². The molecule has 2 atom stereocenters. The molecule has 3 heteroatoms. The zero-order chi connectivity index (χ0) is 10.2. The molecular weight excluding hydrogens is 176 g/mol. The summed E-state index contributed by atoms with van der Waals surface area (Å²) in [6.45, 7) is 3.50. The van der Waals surface area contributed by atoms with Crippen LogP contribution in [0.4, 0.5) is 0 Å². The summed E-state index contributed by atoms with van der Waals surface area (Å²) >= 11 is 0. The van der Waals surface area contributed by atoms with E-state index in [2.05, 4.69) is 11.8 Å². The van der Waals surface area contributed by atoms with Gasteiger partial charge in [-0.25, -0.2) is 0 Å². The molecule has 1 saturated carbocycles. The summed E-state index contributed by atoms with van der Waals surface area (Å²) < 4.78 is 0. The van der Waals surface area contributed by atoms with Crippen molar-refractivity contribution in [1.29, 1.82) is 0 Å². The van der Waals surface area contributed by atoms with E-state index in [-0.39, 0.29) is 12.1 Å². The monoisotopic (exact) mass is 198 g/mol. The SMILES string of the molecule is CCC1N(C2CC2)CCCC1(N)CO. The maximum atomic E-state index is 9.42. The quantitative estimate of drug-likeness (QED) is 0.702. The minimum Gasteiger partial charge on any atom is -0.394 e. The fourth-order valence-electron chi connectivity index (χ4n) is 2.91. The average molecular weight is 198 g/mol. The Morgan fingerprint density at radius 1 is 1.50 bits per heavy atom. The lowest BCUT2D eigenvalue weighted by molar-refractivity contribution is 0.0253. The van der Waals surface area contributed by atoms with E-state index in [1.165, 1.54) is 19.4 Å². The van der Waals surface area contributed by atoms with Crippen LogP contribution < -0.4 is 5.73 Å². The molecule has 0 aromatic rings. The third-order valence-corrected chi connectivity index (χ3v) is 3.82. The third-order valence-electron chi connectivity index (χ3n) is 3.82. The second-order valence-corrected chi connectivity index (χ2v) is 4.89. The largest absolute Gasteiger partial charge is 0.394 e. The van der Waals surface area contributed by atoms with E-state index < -0.39 is 0 Å². The summed E-state index contributed by atoms with van der Waals surface area (Å²) in [6, 6.07) is 1.17. The van der Waals surface area contributed by atoms with Crippen LogP contribution in [0.15, 0.2) is 0 Å². The Bertz CT molecular complexity index is 205. The molecule has 3 nitrogen and oxygen atoms in total. The number of rotatable bonds is 3. The summed E-state index contributed by atoms with van der Waals surface area (Å²) in [5.41, 5.74) is 5.94. The van der Waals surface area contributed by atoms with Crippen LogP contribution in [0.25, 0.3) is 0 Å². The first-order valence-corrected chi connectivity index (χ1v) is 5.87. The molecule has 0 bridgehead atoms. The lowest BCUT2D eigenvalue weighted by Gasteiger charge is -2.47. The Morgan fingerprint density at radius 2 is 2.21 bits per heavy atom. The van der Waals surface area contributed by atoms with Gasteiger partial charge in [-0.1, -0.05) is 6.92 Å². The van der Waals surface area contributed by atoms with Gasteiger partial charge in [0.1, 0.15) is 0 Å². The predicted octanol–water partition coefficient (Wildman–Crippen LogP) is 0.713. The highest BCUT2D eigenvalue weighted by molar-refractivity contribution is 5.03. The van der Waals surface area contributed by atoms with Crippen molar-refractivity contribution in [2.24, 2.45) is 5.73 Å². The van der Waals surface area contributed by atoms with Crippen molar-refractivity contribution in [3.05, 3.63) is 0 Å². The van der Waals surface area contributed by atoms with Crippen LogP contribution in [0.5, 0.6) is 0 Å². The molecule has 0 amide bonds. The second-order valence-electron chi connectivity index (χ2n) is 4.89. The molecule has 0 aromatic carbocycles. The molecule has 2 aliphatic rings. The zero-order valence-corrected chi connectivity index (χ0v) is 9.08. The number of piperidine rings is 1. The molecular formula is C11H22N2O. The molecule has 0 radical (unpaired) electrons. The van der Waals surface area contributed by atoms with E-state index in [0.29, 0.717) is 6.04 Å². The molecule has 0 aromatic heterocycles. The van der Waals surface area contributed by atoms with E-state index in [0.717, 1.165) is 25.3 Å². The van der Waals surface area contributed by atoms with Crippen LogP contribution in [0.3, 0.4) is 0 Å². The first-order valence-electron chi connectivity index (χ1n) is 5.87. The van der Waals surface area contributed by atoms with Gasteiger partial charge in [0.15, 0.2) is 0 Å². The number of nitrogens with two attached hydrogens (primary N) is 1. The fraction of sp³-hybridized carbons (Fsp3) is 1.00. The van der Waals surface area contributed by atoms with Crippen molar-refractivity contribution in [2.45, 2.75) is 56.7 Å². The van der Waals surface area contributed by atoms with E-state index >= 15 is 0 Å². The average Bonchev–Trinajstić information content (AvgIpc) is 3.00. The molecule has 2 rings (SSSR count). The van der Waals surface area contributed by atoms with Crippen LogP contribution in [-0.2, 0) is 0 Å². The number of hydrogen-bond donors (Lipinski definition) is 2. The molecule has 1 aliphatic heterocycles. The van der Waals surface area contributed by atoms with Crippen molar-refractivity contribution < 1.29 is 5.11 Å². The summed E-state index contributed by atoms with van der Waals surface area (Å²) in [6.07, 6.45) is 5.85.